The van der Waals surface area contributed by atoms with Crippen molar-refractivity contribution in [1.29, 1.82) is 0 Å². The molecule has 10 nitrogen and oxygen atoms in total. The largest absolute Gasteiger partial charge is 0.390 e. The standard InChI is InChI=1S/C35H51N5O5/c1-7-22(6)28(37)30(42)29(26-15-11-12-16-39-26)40-33(45)35(38,21(4)5)34(32(44)25(36)17-20(2)3)27(41)19-24(31(34)43)18-23-13-9-8-10-14-23/h8-16,20-22,24-25,28-29,32,44H,7,17-19,36-38H2,1-6H3,(H,40,45)/t22-,24-,25-,28-,29?,32+,34?,35?/m0/s1. The minimum atomic E-state index is -2.37. The summed E-state index contributed by atoms with van der Waals surface area (Å²) in [5.74, 6) is -4.53. The smallest absolute Gasteiger partial charge is 0.242 e. The van der Waals surface area contributed by atoms with Crippen molar-refractivity contribution in [3.05, 3.63) is 66.0 Å². The molecule has 8 atom stereocenters. The molecule has 1 heterocycles. The number of rotatable bonds is 15. The normalized spacial score (nSPS) is 23.3. The lowest BCUT2D eigenvalue weighted by molar-refractivity contribution is -0.163. The molecule has 0 radical (unpaired) electrons. The Morgan fingerprint density at radius 1 is 1.04 bits per heavy atom. The molecule has 0 saturated heterocycles. The van der Waals surface area contributed by atoms with Gasteiger partial charge in [0.1, 0.15) is 17.0 Å². The zero-order valence-electron chi connectivity index (χ0n) is 27.4. The van der Waals surface area contributed by atoms with Gasteiger partial charge in [-0.3, -0.25) is 24.2 Å². The summed E-state index contributed by atoms with van der Waals surface area (Å²) < 4.78 is 0. The predicted molar refractivity (Wildman–Crippen MR) is 173 cm³/mol. The van der Waals surface area contributed by atoms with E-state index in [4.69, 9.17) is 17.2 Å². The van der Waals surface area contributed by atoms with Crippen LogP contribution in [-0.2, 0) is 25.6 Å². The highest BCUT2D eigenvalue weighted by molar-refractivity contribution is 6.20. The summed E-state index contributed by atoms with van der Waals surface area (Å²) >= 11 is 0. The number of carbonyl (C=O) groups excluding carboxylic acids is 4. The number of hydrogen-bond donors (Lipinski definition) is 5. The van der Waals surface area contributed by atoms with Gasteiger partial charge in [-0.1, -0.05) is 84.4 Å². The van der Waals surface area contributed by atoms with Crippen LogP contribution in [0.2, 0.25) is 0 Å². The lowest BCUT2D eigenvalue weighted by Crippen LogP contribution is -2.76. The maximum Gasteiger partial charge on any atom is 0.242 e. The third-order valence-electron chi connectivity index (χ3n) is 9.62. The number of aromatic nitrogens is 1. The second-order valence-electron chi connectivity index (χ2n) is 13.4. The fourth-order valence-corrected chi connectivity index (χ4v) is 6.70. The van der Waals surface area contributed by atoms with Gasteiger partial charge in [-0.25, -0.2) is 0 Å². The Labute approximate surface area is 266 Å². The van der Waals surface area contributed by atoms with Crippen molar-refractivity contribution in [2.24, 2.45) is 46.3 Å². The number of hydrogen-bond acceptors (Lipinski definition) is 9. The van der Waals surface area contributed by atoms with Crippen molar-refractivity contribution >= 4 is 23.3 Å². The summed E-state index contributed by atoms with van der Waals surface area (Å²) in [5.41, 5.74) is 16.4. The average Bonchev–Trinajstić information content (AvgIpc) is 3.27. The summed E-state index contributed by atoms with van der Waals surface area (Å²) in [6.07, 6.45) is 0.653. The maximum absolute atomic E-state index is 14.7. The van der Waals surface area contributed by atoms with E-state index in [0.717, 1.165) is 5.56 Å². The molecule has 10 heteroatoms. The maximum atomic E-state index is 14.7. The summed E-state index contributed by atoms with van der Waals surface area (Å²) in [6.45, 7) is 10.8. The number of aliphatic hydroxyl groups excluding tert-OH is 1. The van der Waals surface area contributed by atoms with Crippen LogP contribution in [-0.4, -0.2) is 57.1 Å². The first-order valence-corrected chi connectivity index (χ1v) is 16.0. The van der Waals surface area contributed by atoms with E-state index in [0.29, 0.717) is 6.42 Å². The number of nitrogens with zero attached hydrogens (tertiary/aromatic N) is 1. The Morgan fingerprint density at radius 3 is 2.20 bits per heavy atom. The first-order chi connectivity index (χ1) is 21.1. The van der Waals surface area contributed by atoms with Gasteiger partial charge in [0, 0.05) is 24.6 Å². The number of pyridine rings is 1. The first kappa shape index (κ1) is 36.2. The fourth-order valence-electron chi connectivity index (χ4n) is 6.70. The van der Waals surface area contributed by atoms with Crippen LogP contribution in [0, 0.1) is 29.1 Å². The van der Waals surface area contributed by atoms with Gasteiger partial charge in [-0.2, -0.15) is 0 Å². The molecule has 0 aliphatic heterocycles. The molecule has 3 unspecified atom stereocenters. The third-order valence-corrected chi connectivity index (χ3v) is 9.62. The number of benzene rings is 1. The van der Waals surface area contributed by atoms with Crippen LogP contribution in [0.3, 0.4) is 0 Å². The zero-order valence-corrected chi connectivity index (χ0v) is 27.4. The highest BCUT2D eigenvalue weighted by Gasteiger charge is 2.72. The fraction of sp³-hybridized carbons (Fsp3) is 0.571. The van der Waals surface area contributed by atoms with Gasteiger partial charge in [0.05, 0.1) is 17.8 Å². The van der Waals surface area contributed by atoms with Gasteiger partial charge < -0.3 is 27.6 Å². The summed E-state index contributed by atoms with van der Waals surface area (Å²) in [7, 11) is 0. The summed E-state index contributed by atoms with van der Waals surface area (Å²) in [4.78, 5) is 61.7. The molecule has 1 aromatic carbocycles. The molecule has 0 bridgehead atoms. The molecule has 2 aromatic rings. The molecule has 1 aliphatic rings. The van der Waals surface area contributed by atoms with Crippen LogP contribution in [0.1, 0.15) is 78.1 Å². The molecular weight excluding hydrogens is 570 g/mol. The minimum absolute atomic E-state index is 0.0201. The average molecular weight is 622 g/mol. The molecule has 45 heavy (non-hydrogen) atoms. The van der Waals surface area contributed by atoms with Crippen molar-refractivity contribution in [1.82, 2.24) is 10.3 Å². The molecule has 3 rings (SSSR count). The summed E-state index contributed by atoms with van der Waals surface area (Å²) in [6, 6.07) is 10.9. The van der Waals surface area contributed by atoms with Gasteiger partial charge in [0.15, 0.2) is 17.3 Å². The zero-order chi connectivity index (χ0) is 33.7. The Hall–Kier alpha value is -3.31. The first-order valence-electron chi connectivity index (χ1n) is 16.0. The van der Waals surface area contributed by atoms with Crippen LogP contribution in [0.15, 0.2) is 54.7 Å². The molecule has 1 amide bonds. The lowest BCUT2D eigenvalue weighted by atomic mass is 9.56. The lowest BCUT2D eigenvalue weighted by Gasteiger charge is -2.49. The van der Waals surface area contributed by atoms with Crippen LogP contribution < -0.4 is 22.5 Å². The second kappa shape index (κ2) is 14.9. The number of aliphatic hydroxyl groups is 1. The number of Topliss-reactive ketones (excluding diaryl/α,β-unsaturated/α-hetero) is 3. The Morgan fingerprint density at radius 2 is 1.67 bits per heavy atom. The van der Waals surface area contributed by atoms with Crippen molar-refractivity contribution in [3.8, 4) is 0 Å². The SMILES string of the molecule is CC[C@H](C)[C@H](N)C(=O)C(NC(=O)C(N)(C(C)C)C1([C@H](O)[C@@H](N)CC(C)C)C(=O)C[C@H](Cc2ccccc2)C1=O)c1ccccn1. The molecule has 1 aromatic heterocycles. The van der Waals surface area contributed by atoms with E-state index in [1.807, 2.05) is 58.0 Å². The third kappa shape index (κ3) is 6.94. The number of nitrogens with two attached hydrogens (primary N) is 3. The van der Waals surface area contributed by atoms with Crippen molar-refractivity contribution < 1.29 is 24.3 Å². The number of amides is 1. The quantitative estimate of drug-likeness (QED) is 0.186. The summed E-state index contributed by atoms with van der Waals surface area (Å²) in [5, 5.41) is 14.7. The van der Waals surface area contributed by atoms with Crippen molar-refractivity contribution in [2.75, 3.05) is 0 Å². The Bertz CT molecular complexity index is 1340. The minimum Gasteiger partial charge on any atom is -0.390 e. The van der Waals surface area contributed by atoms with E-state index >= 15 is 0 Å². The molecule has 1 aliphatic carbocycles. The molecule has 8 N–H and O–H groups in total. The Balaban J connectivity index is 2.19. The van der Waals surface area contributed by atoms with Gasteiger partial charge in [-0.05, 0) is 48.3 Å². The van der Waals surface area contributed by atoms with Gasteiger partial charge in [0.2, 0.25) is 5.91 Å². The van der Waals surface area contributed by atoms with Gasteiger partial charge >= 0.3 is 0 Å². The van der Waals surface area contributed by atoms with Crippen LogP contribution in [0.4, 0.5) is 0 Å². The highest BCUT2D eigenvalue weighted by atomic mass is 16.3. The van der Waals surface area contributed by atoms with Crippen molar-refractivity contribution in [2.45, 2.75) is 97.0 Å². The molecular formula is C35H51N5O5. The number of nitrogens with one attached hydrogen (secondary N) is 1. The van der Waals surface area contributed by atoms with Gasteiger partial charge in [-0.15, -0.1) is 0 Å². The Kier molecular flexibility index (Phi) is 11.9. The topological polar surface area (TPSA) is 191 Å². The molecule has 1 saturated carbocycles. The van der Waals surface area contributed by atoms with E-state index in [9.17, 15) is 24.3 Å². The van der Waals surface area contributed by atoms with Crippen LogP contribution in [0.5, 0.6) is 0 Å². The monoisotopic (exact) mass is 621 g/mol. The van der Waals surface area contributed by atoms with E-state index in [-0.39, 0.29) is 36.8 Å². The second-order valence-corrected chi connectivity index (χ2v) is 13.4. The van der Waals surface area contributed by atoms with E-state index in [1.165, 1.54) is 6.20 Å². The molecule has 1 fully saturated rings. The van der Waals surface area contributed by atoms with Crippen LogP contribution >= 0.6 is 0 Å². The molecule has 0 spiro atoms. The van der Waals surface area contributed by atoms with E-state index < -0.39 is 70.3 Å². The van der Waals surface area contributed by atoms with E-state index in [1.54, 1.807) is 32.0 Å². The van der Waals surface area contributed by atoms with Crippen molar-refractivity contribution in [3.63, 3.8) is 0 Å². The number of ketones is 3. The number of carbonyl (C=O) groups is 4. The molecule has 246 valence electrons. The highest BCUT2D eigenvalue weighted by Crippen LogP contribution is 2.50. The predicted octanol–water partition coefficient (Wildman–Crippen LogP) is 2.66. The van der Waals surface area contributed by atoms with Gasteiger partial charge in [0.25, 0.3) is 0 Å². The van der Waals surface area contributed by atoms with E-state index in [2.05, 4.69) is 10.3 Å². The van der Waals surface area contributed by atoms with Crippen LogP contribution in [0.25, 0.3) is 0 Å².